The number of hydrogen-bond donors (Lipinski definition) is 2. The molecule has 0 unspecified atom stereocenters. The highest BCUT2D eigenvalue weighted by molar-refractivity contribution is 5.59. The molecule has 21 heavy (non-hydrogen) atoms. The highest BCUT2D eigenvalue weighted by Crippen LogP contribution is 2.21. The van der Waals surface area contributed by atoms with Crippen LogP contribution in [0.3, 0.4) is 0 Å². The van der Waals surface area contributed by atoms with Crippen molar-refractivity contribution in [2.75, 3.05) is 17.7 Å². The SMILES string of the molecule is CCCOc1ccc(Nc2cc(N)nc(C(C)C)n2)cc1. The van der Waals surface area contributed by atoms with Crippen LogP contribution in [0.2, 0.25) is 0 Å². The summed E-state index contributed by atoms with van der Waals surface area (Å²) in [6.07, 6.45) is 0.998. The van der Waals surface area contributed by atoms with Crippen molar-refractivity contribution >= 4 is 17.3 Å². The van der Waals surface area contributed by atoms with Crippen LogP contribution in [0.1, 0.15) is 38.9 Å². The number of hydrogen-bond acceptors (Lipinski definition) is 5. The third-order valence-corrected chi connectivity index (χ3v) is 2.88. The third kappa shape index (κ3) is 4.34. The maximum absolute atomic E-state index is 5.82. The summed E-state index contributed by atoms with van der Waals surface area (Å²) in [7, 11) is 0. The molecule has 0 saturated heterocycles. The molecule has 112 valence electrons. The van der Waals surface area contributed by atoms with Crippen molar-refractivity contribution in [1.82, 2.24) is 9.97 Å². The van der Waals surface area contributed by atoms with Crippen molar-refractivity contribution in [2.24, 2.45) is 0 Å². The van der Waals surface area contributed by atoms with E-state index in [1.165, 1.54) is 0 Å². The molecule has 2 aromatic rings. The van der Waals surface area contributed by atoms with Crippen molar-refractivity contribution in [1.29, 1.82) is 0 Å². The number of benzene rings is 1. The summed E-state index contributed by atoms with van der Waals surface area (Å²) < 4.78 is 5.56. The first-order valence-corrected chi connectivity index (χ1v) is 7.23. The molecule has 0 fully saturated rings. The average Bonchev–Trinajstić information content (AvgIpc) is 2.46. The first kappa shape index (κ1) is 15.1. The molecule has 0 aliphatic rings. The van der Waals surface area contributed by atoms with Crippen LogP contribution in [0.25, 0.3) is 0 Å². The van der Waals surface area contributed by atoms with Crippen molar-refractivity contribution in [3.63, 3.8) is 0 Å². The summed E-state index contributed by atoms with van der Waals surface area (Å²) in [6, 6.07) is 9.52. The van der Waals surface area contributed by atoms with Crippen LogP contribution in [-0.2, 0) is 0 Å². The monoisotopic (exact) mass is 286 g/mol. The second-order valence-corrected chi connectivity index (χ2v) is 5.19. The number of rotatable bonds is 6. The Morgan fingerprint density at radius 3 is 2.52 bits per heavy atom. The Labute approximate surface area is 125 Å². The number of nitrogens with one attached hydrogen (secondary N) is 1. The fourth-order valence-corrected chi connectivity index (χ4v) is 1.81. The topological polar surface area (TPSA) is 73.1 Å². The van der Waals surface area contributed by atoms with Crippen LogP contribution in [0.5, 0.6) is 5.75 Å². The van der Waals surface area contributed by atoms with Crippen molar-refractivity contribution in [3.05, 3.63) is 36.2 Å². The molecule has 0 amide bonds. The van der Waals surface area contributed by atoms with Crippen LogP contribution in [0.15, 0.2) is 30.3 Å². The van der Waals surface area contributed by atoms with E-state index in [9.17, 15) is 0 Å². The van der Waals surface area contributed by atoms with Gasteiger partial charge < -0.3 is 15.8 Å². The second-order valence-electron chi connectivity index (χ2n) is 5.19. The van der Waals surface area contributed by atoms with Gasteiger partial charge in [0, 0.05) is 17.7 Å². The standard InChI is InChI=1S/C16H22N4O/c1-4-9-21-13-7-5-12(6-8-13)18-15-10-14(17)19-16(20-15)11(2)3/h5-8,10-11H,4,9H2,1-3H3,(H3,17,18,19,20). The van der Waals surface area contributed by atoms with Crippen molar-refractivity contribution in [2.45, 2.75) is 33.1 Å². The first-order valence-electron chi connectivity index (χ1n) is 7.23. The van der Waals surface area contributed by atoms with E-state index in [1.54, 1.807) is 6.07 Å². The van der Waals surface area contributed by atoms with Crippen LogP contribution in [0.4, 0.5) is 17.3 Å². The van der Waals surface area contributed by atoms with Crippen molar-refractivity contribution in [3.8, 4) is 5.75 Å². The van der Waals surface area contributed by atoms with Gasteiger partial charge in [0.2, 0.25) is 0 Å². The van der Waals surface area contributed by atoms with E-state index >= 15 is 0 Å². The van der Waals surface area contributed by atoms with Crippen LogP contribution in [-0.4, -0.2) is 16.6 Å². The number of nitrogens with zero attached hydrogens (tertiary/aromatic N) is 2. The smallest absolute Gasteiger partial charge is 0.136 e. The highest BCUT2D eigenvalue weighted by atomic mass is 16.5. The molecule has 0 radical (unpaired) electrons. The van der Waals surface area contributed by atoms with Gasteiger partial charge in [0.05, 0.1) is 6.61 Å². The lowest BCUT2D eigenvalue weighted by atomic mass is 10.2. The molecule has 0 aliphatic carbocycles. The predicted octanol–water partition coefficient (Wildman–Crippen LogP) is 3.71. The molecule has 3 N–H and O–H groups in total. The number of ether oxygens (including phenoxy) is 1. The van der Waals surface area contributed by atoms with E-state index in [1.807, 2.05) is 38.1 Å². The van der Waals surface area contributed by atoms with Gasteiger partial charge in [-0.3, -0.25) is 0 Å². The Morgan fingerprint density at radius 2 is 1.90 bits per heavy atom. The molecule has 1 heterocycles. The first-order chi connectivity index (χ1) is 10.1. The van der Waals surface area contributed by atoms with Crippen molar-refractivity contribution < 1.29 is 4.74 Å². The molecular formula is C16H22N4O. The van der Waals surface area contributed by atoms with Gasteiger partial charge in [0.1, 0.15) is 23.2 Å². The van der Waals surface area contributed by atoms with E-state index in [0.29, 0.717) is 11.6 Å². The van der Waals surface area contributed by atoms with Gasteiger partial charge in [-0.2, -0.15) is 0 Å². The molecule has 1 aromatic heterocycles. The lowest BCUT2D eigenvalue weighted by Gasteiger charge is -2.11. The highest BCUT2D eigenvalue weighted by Gasteiger charge is 2.07. The fourth-order valence-electron chi connectivity index (χ4n) is 1.81. The molecule has 5 nitrogen and oxygen atoms in total. The van der Waals surface area contributed by atoms with Crippen LogP contribution < -0.4 is 15.8 Å². The Kier molecular flexibility index (Phi) is 4.98. The molecule has 2 rings (SSSR count). The van der Waals surface area contributed by atoms with Gasteiger partial charge >= 0.3 is 0 Å². The normalized spacial score (nSPS) is 10.7. The van der Waals surface area contributed by atoms with Gasteiger partial charge in [-0.1, -0.05) is 20.8 Å². The zero-order valence-electron chi connectivity index (χ0n) is 12.8. The van der Waals surface area contributed by atoms with Gasteiger partial charge in [-0.15, -0.1) is 0 Å². The van der Waals surface area contributed by atoms with Crippen LogP contribution >= 0.6 is 0 Å². The third-order valence-electron chi connectivity index (χ3n) is 2.88. The summed E-state index contributed by atoms with van der Waals surface area (Å²) in [5.41, 5.74) is 6.76. The van der Waals surface area contributed by atoms with Gasteiger partial charge in [-0.25, -0.2) is 9.97 Å². The quantitative estimate of drug-likeness (QED) is 0.846. The van der Waals surface area contributed by atoms with Crippen LogP contribution in [0, 0.1) is 0 Å². The molecule has 0 saturated carbocycles. The van der Waals surface area contributed by atoms with E-state index in [-0.39, 0.29) is 5.92 Å². The zero-order valence-corrected chi connectivity index (χ0v) is 12.8. The largest absolute Gasteiger partial charge is 0.494 e. The lowest BCUT2D eigenvalue weighted by Crippen LogP contribution is -2.04. The summed E-state index contributed by atoms with van der Waals surface area (Å²) in [5, 5.41) is 3.24. The zero-order chi connectivity index (χ0) is 15.2. The molecule has 0 spiro atoms. The molecule has 1 aromatic carbocycles. The Bertz CT molecular complexity index is 581. The summed E-state index contributed by atoms with van der Waals surface area (Å²) >= 11 is 0. The number of anilines is 3. The van der Waals surface area contributed by atoms with E-state index in [4.69, 9.17) is 10.5 Å². The van der Waals surface area contributed by atoms with E-state index in [0.717, 1.165) is 30.3 Å². The minimum absolute atomic E-state index is 0.235. The van der Waals surface area contributed by atoms with Gasteiger partial charge in [-0.05, 0) is 30.7 Å². The summed E-state index contributed by atoms with van der Waals surface area (Å²) in [4.78, 5) is 8.70. The van der Waals surface area contributed by atoms with Gasteiger partial charge in [0.15, 0.2) is 0 Å². The predicted molar refractivity (Wildman–Crippen MR) is 86.0 cm³/mol. The molecular weight excluding hydrogens is 264 g/mol. The average molecular weight is 286 g/mol. The molecule has 5 heteroatoms. The Balaban J connectivity index is 2.10. The lowest BCUT2D eigenvalue weighted by molar-refractivity contribution is 0.317. The molecule has 0 aliphatic heterocycles. The number of aromatic nitrogens is 2. The van der Waals surface area contributed by atoms with E-state index in [2.05, 4.69) is 22.2 Å². The molecule has 0 bridgehead atoms. The summed E-state index contributed by atoms with van der Waals surface area (Å²) in [5.74, 6) is 3.01. The minimum Gasteiger partial charge on any atom is -0.494 e. The maximum Gasteiger partial charge on any atom is 0.136 e. The Morgan fingerprint density at radius 1 is 1.19 bits per heavy atom. The maximum atomic E-state index is 5.82. The van der Waals surface area contributed by atoms with Gasteiger partial charge in [0.25, 0.3) is 0 Å². The Hall–Kier alpha value is -2.30. The van der Waals surface area contributed by atoms with E-state index < -0.39 is 0 Å². The number of nitrogen functional groups attached to an aromatic ring is 1. The fraction of sp³-hybridized carbons (Fsp3) is 0.375. The molecule has 0 atom stereocenters. The number of nitrogens with two attached hydrogens (primary N) is 1. The summed E-state index contributed by atoms with van der Waals surface area (Å²) in [6.45, 7) is 6.89. The minimum atomic E-state index is 0.235. The second kappa shape index (κ2) is 6.92.